The zero-order valence-corrected chi connectivity index (χ0v) is 15.7. The molecule has 140 valence electrons. The number of aromatic nitrogens is 3. The maximum absolute atomic E-state index is 13.2. The van der Waals surface area contributed by atoms with Crippen LogP contribution in [0.15, 0.2) is 91.4 Å². The number of rotatable bonds is 4. The van der Waals surface area contributed by atoms with E-state index in [1.807, 2.05) is 79.0 Å². The van der Waals surface area contributed by atoms with Crippen molar-refractivity contribution in [1.29, 1.82) is 0 Å². The van der Waals surface area contributed by atoms with Crippen LogP contribution >= 0.6 is 0 Å². The molecule has 0 saturated heterocycles. The van der Waals surface area contributed by atoms with E-state index in [2.05, 4.69) is 10.3 Å². The Morgan fingerprint density at radius 1 is 0.862 bits per heavy atom. The van der Waals surface area contributed by atoms with Gasteiger partial charge in [-0.25, -0.2) is 9.78 Å². The van der Waals surface area contributed by atoms with E-state index in [1.165, 1.54) is 0 Å². The lowest BCUT2D eigenvalue weighted by Crippen LogP contribution is -2.43. The number of benzene rings is 2. The van der Waals surface area contributed by atoms with Crippen molar-refractivity contribution in [2.75, 3.05) is 5.32 Å². The lowest BCUT2D eigenvalue weighted by atomic mass is 10.1. The maximum Gasteiger partial charge on any atom is 0.359 e. The summed E-state index contributed by atoms with van der Waals surface area (Å²) < 4.78 is 1.71. The third-order valence-corrected chi connectivity index (χ3v) is 5.10. The van der Waals surface area contributed by atoms with Gasteiger partial charge in [-0.1, -0.05) is 60.7 Å². The molecule has 5 heteroatoms. The first-order chi connectivity index (χ1) is 14.3. The predicted octanol–water partition coefficient (Wildman–Crippen LogP) is 3.78. The molecular weight excluding hydrogens is 360 g/mol. The Morgan fingerprint density at radius 2 is 1.55 bits per heavy atom. The summed E-state index contributed by atoms with van der Waals surface area (Å²) in [4.78, 5) is 22.2. The summed E-state index contributed by atoms with van der Waals surface area (Å²) in [6, 6.07) is 23.5. The fourth-order valence-corrected chi connectivity index (χ4v) is 3.66. The van der Waals surface area contributed by atoms with Crippen LogP contribution in [0.1, 0.15) is 10.4 Å². The van der Waals surface area contributed by atoms with Crippen molar-refractivity contribution in [2.24, 2.45) is 0 Å². The summed E-state index contributed by atoms with van der Waals surface area (Å²) in [7, 11) is 0. The second kappa shape index (κ2) is 7.28. The van der Waals surface area contributed by atoms with Crippen molar-refractivity contribution in [2.45, 2.75) is 12.5 Å². The van der Waals surface area contributed by atoms with Crippen LogP contribution in [0.4, 0.5) is 5.82 Å². The van der Waals surface area contributed by atoms with E-state index >= 15 is 0 Å². The topological polar surface area (TPSA) is 58.8 Å². The average Bonchev–Trinajstić information content (AvgIpc) is 3.10. The average molecular weight is 379 g/mol. The third kappa shape index (κ3) is 3.27. The number of hydrogen-bond donors (Lipinski definition) is 1. The van der Waals surface area contributed by atoms with Crippen LogP contribution in [0.25, 0.3) is 22.5 Å². The fraction of sp³-hybridized carbons (Fsp3) is 0.0833. The Bertz CT molecular complexity index is 1160. The lowest BCUT2D eigenvalue weighted by molar-refractivity contribution is -0.551. The van der Waals surface area contributed by atoms with Crippen molar-refractivity contribution in [1.82, 2.24) is 9.97 Å². The minimum absolute atomic E-state index is 0.0266. The van der Waals surface area contributed by atoms with Crippen molar-refractivity contribution in [3.8, 4) is 22.5 Å². The second-order valence-corrected chi connectivity index (χ2v) is 7.02. The summed E-state index contributed by atoms with van der Waals surface area (Å²) >= 11 is 0. The van der Waals surface area contributed by atoms with Crippen LogP contribution in [0.5, 0.6) is 0 Å². The molecule has 29 heavy (non-hydrogen) atoms. The van der Waals surface area contributed by atoms with Crippen LogP contribution in [0, 0.1) is 0 Å². The summed E-state index contributed by atoms with van der Waals surface area (Å²) in [6.07, 6.45) is 5.91. The number of pyridine rings is 1. The molecule has 1 aliphatic heterocycles. The quantitative estimate of drug-likeness (QED) is 0.548. The number of hydrogen-bond acceptors (Lipinski definition) is 4. The normalized spacial score (nSPS) is 15.0. The van der Waals surface area contributed by atoms with Crippen molar-refractivity contribution in [3.05, 3.63) is 97.0 Å². The van der Waals surface area contributed by atoms with Gasteiger partial charge in [-0.05, 0) is 17.7 Å². The summed E-state index contributed by atoms with van der Waals surface area (Å²) in [6.45, 7) is 0. The summed E-state index contributed by atoms with van der Waals surface area (Å²) in [5.41, 5.74) is 4.52. The monoisotopic (exact) mass is 379 g/mol. The Hall–Kier alpha value is -3.86. The molecule has 3 heterocycles. The van der Waals surface area contributed by atoms with Crippen LogP contribution in [-0.4, -0.2) is 21.9 Å². The van der Waals surface area contributed by atoms with Gasteiger partial charge in [-0.3, -0.25) is 10.3 Å². The molecule has 0 spiro atoms. The van der Waals surface area contributed by atoms with E-state index in [0.29, 0.717) is 6.42 Å². The van der Waals surface area contributed by atoms with E-state index in [-0.39, 0.29) is 11.9 Å². The van der Waals surface area contributed by atoms with E-state index in [4.69, 9.17) is 4.98 Å². The molecule has 1 aliphatic rings. The zero-order chi connectivity index (χ0) is 19.6. The van der Waals surface area contributed by atoms with Gasteiger partial charge >= 0.3 is 11.7 Å². The minimum atomic E-state index is -0.325. The van der Waals surface area contributed by atoms with Gasteiger partial charge in [0.05, 0.1) is 0 Å². The highest BCUT2D eigenvalue weighted by Gasteiger charge is 2.41. The highest BCUT2D eigenvalue weighted by Crippen LogP contribution is 2.29. The molecule has 5 rings (SSSR count). The molecule has 1 unspecified atom stereocenters. The molecule has 0 radical (unpaired) electrons. The number of carbonyl (C=O) groups is 1. The Balaban J connectivity index is 1.61. The van der Waals surface area contributed by atoms with Crippen LogP contribution < -0.4 is 9.88 Å². The Morgan fingerprint density at radius 3 is 2.28 bits per heavy atom. The van der Waals surface area contributed by atoms with Gasteiger partial charge in [-0.15, -0.1) is 0 Å². The van der Waals surface area contributed by atoms with Crippen LogP contribution in [0.2, 0.25) is 0 Å². The van der Waals surface area contributed by atoms with Crippen molar-refractivity contribution < 1.29 is 9.36 Å². The molecule has 0 aliphatic carbocycles. The molecule has 0 amide bonds. The van der Waals surface area contributed by atoms with Gasteiger partial charge in [0.1, 0.15) is 11.9 Å². The van der Waals surface area contributed by atoms with Gasteiger partial charge < -0.3 is 0 Å². The molecule has 0 fully saturated rings. The zero-order valence-electron chi connectivity index (χ0n) is 15.7. The van der Waals surface area contributed by atoms with Gasteiger partial charge in [-0.2, -0.15) is 4.57 Å². The fourth-order valence-electron chi connectivity index (χ4n) is 3.66. The lowest BCUT2D eigenvalue weighted by Gasteiger charge is -2.06. The molecule has 0 bridgehead atoms. The molecule has 1 atom stereocenters. The molecule has 2 aromatic heterocycles. The van der Waals surface area contributed by atoms with Gasteiger partial charge in [0.15, 0.2) is 11.7 Å². The highest BCUT2D eigenvalue weighted by atomic mass is 16.2. The minimum Gasteiger partial charge on any atom is -0.265 e. The van der Waals surface area contributed by atoms with Crippen LogP contribution in [-0.2, 0) is 6.42 Å². The molecule has 2 aromatic carbocycles. The second-order valence-electron chi connectivity index (χ2n) is 7.02. The first-order valence-electron chi connectivity index (χ1n) is 9.57. The first-order valence-corrected chi connectivity index (χ1v) is 9.57. The number of nitrogens with one attached hydrogen (secondary N) is 1. The van der Waals surface area contributed by atoms with Crippen molar-refractivity contribution in [3.63, 3.8) is 0 Å². The Labute approximate surface area is 168 Å². The van der Waals surface area contributed by atoms with Crippen molar-refractivity contribution >= 4 is 11.7 Å². The van der Waals surface area contributed by atoms with E-state index in [1.54, 1.807) is 17.0 Å². The smallest absolute Gasteiger partial charge is 0.265 e. The highest BCUT2D eigenvalue weighted by molar-refractivity contribution is 5.86. The largest absolute Gasteiger partial charge is 0.359 e. The standard InChI is InChI=1S/C24H18N4O/c29-24-20(15-17-7-3-1-4-8-17)27-23-22(19-9-5-2-6-10-19)26-21(16-28(23)24)18-11-13-25-14-12-18/h1-14,16,20H,15H2/p+1. The first kappa shape index (κ1) is 17.3. The molecule has 5 nitrogen and oxygen atoms in total. The number of fused-ring (bicyclic) bond motifs is 1. The molecule has 1 N–H and O–H groups in total. The summed E-state index contributed by atoms with van der Waals surface area (Å²) in [5.74, 6) is 0.763. The Kier molecular flexibility index (Phi) is 4.33. The van der Waals surface area contributed by atoms with Gasteiger partial charge in [0.2, 0.25) is 0 Å². The molecule has 4 aromatic rings. The van der Waals surface area contributed by atoms with Crippen LogP contribution in [0.3, 0.4) is 0 Å². The number of nitrogens with zero attached hydrogens (tertiary/aromatic N) is 3. The van der Waals surface area contributed by atoms with E-state index in [9.17, 15) is 4.79 Å². The van der Waals surface area contributed by atoms with Gasteiger partial charge in [0, 0.05) is 29.9 Å². The third-order valence-electron chi connectivity index (χ3n) is 5.10. The SMILES string of the molecule is O=C1C(Cc2ccccc2)Nc2c(-c3ccccc3)nc(-c3ccncc3)c[n+]21. The molecule has 0 saturated carbocycles. The van der Waals surface area contributed by atoms with E-state index in [0.717, 1.165) is 33.9 Å². The summed E-state index contributed by atoms with van der Waals surface area (Å²) in [5, 5.41) is 3.42. The number of carbonyl (C=O) groups excluding carboxylic acids is 1. The predicted molar refractivity (Wildman–Crippen MR) is 111 cm³/mol. The van der Waals surface area contributed by atoms with E-state index < -0.39 is 0 Å². The number of anilines is 1. The maximum atomic E-state index is 13.2. The van der Waals surface area contributed by atoms with Gasteiger partial charge in [0.25, 0.3) is 0 Å². The molecular formula is C24H19N4O+.